The van der Waals surface area contributed by atoms with Crippen molar-refractivity contribution in [2.24, 2.45) is 0 Å². The molecule has 0 fully saturated rings. The average molecular weight is 450 g/mol. The van der Waals surface area contributed by atoms with E-state index in [-0.39, 0.29) is 0 Å². The van der Waals surface area contributed by atoms with Gasteiger partial charge in [0.15, 0.2) is 11.6 Å². The van der Waals surface area contributed by atoms with Gasteiger partial charge >= 0.3 is 0 Å². The van der Waals surface area contributed by atoms with Gasteiger partial charge in [-0.05, 0) is 34.4 Å². The van der Waals surface area contributed by atoms with Gasteiger partial charge in [0, 0.05) is 16.8 Å². The molecule has 0 bridgehead atoms. The Labute approximate surface area is 205 Å². The molecule has 166 valence electrons. The quantitative estimate of drug-likeness (QED) is 0.267. The lowest BCUT2D eigenvalue weighted by Gasteiger charge is -2.12. The number of benzene rings is 5. The van der Waals surface area contributed by atoms with E-state index in [1.807, 2.05) is 30.3 Å². The Hall–Kier alpha value is -4.76. The van der Waals surface area contributed by atoms with Gasteiger partial charge in [-0.3, -0.25) is 4.57 Å². The normalized spacial score (nSPS) is 10.9. The molecule has 35 heavy (non-hydrogen) atoms. The maximum atomic E-state index is 4.64. The van der Waals surface area contributed by atoms with Crippen molar-refractivity contribution in [3.63, 3.8) is 0 Å². The van der Waals surface area contributed by atoms with Crippen LogP contribution in [0, 0.1) is 0 Å². The molecule has 0 atom stereocenters. The lowest BCUT2D eigenvalue weighted by atomic mass is 10.0. The van der Waals surface area contributed by atoms with Crippen LogP contribution < -0.4 is 0 Å². The van der Waals surface area contributed by atoms with E-state index in [0.29, 0.717) is 0 Å². The fourth-order valence-corrected chi connectivity index (χ4v) is 4.37. The summed E-state index contributed by atoms with van der Waals surface area (Å²) in [6.07, 6.45) is 0. The van der Waals surface area contributed by atoms with Crippen molar-refractivity contribution in [2.45, 2.75) is 0 Å². The number of rotatable bonds is 5. The Morgan fingerprint density at radius 3 is 1.09 bits per heavy atom. The third kappa shape index (κ3) is 4.16. The fraction of sp³-hybridized carbons (Fsp3) is 0. The zero-order chi connectivity index (χ0) is 23.5. The van der Waals surface area contributed by atoms with Crippen LogP contribution >= 0.6 is 0 Å². The van der Waals surface area contributed by atoms with Gasteiger partial charge in [0.2, 0.25) is 0 Å². The minimum atomic E-state index is 0.816. The van der Waals surface area contributed by atoms with Gasteiger partial charge in [-0.25, -0.2) is 0 Å². The summed E-state index contributed by atoms with van der Waals surface area (Å²) in [5, 5.41) is 9.25. The molecule has 0 aliphatic rings. The van der Waals surface area contributed by atoms with Gasteiger partial charge in [-0.1, -0.05) is 127 Å². The molecular formula is C32H23N3. The van der Waals surface area contributed by atoms with E-state index in [2.05, 4.69) is 124 Å². The predicted molar refractivity (Wildman–Crippen MR) is 143 cm³/mol. The van der Waals surface area contributed by atoms with E-state index in [4.69, 9.17) is 0 Å². The second kappa shape index (κ2) is 9.24. The van der Waals surface area contributed by atoms with Crippen molar-refractivity contribution < 1.29 is 0 Å². The lowest BCUT2D eigenvalue weighted by molar-refractivity contribution is 1.07. The minimum Gasteiger partial charge on any atom is -0.275 e. The smallest absolute Gasteiger partial charge is 0.168 e. The van der Waals surface area contributed by atoms with Crippen molar-refractivity contribution in [2.75, 3.05) is 0 Å². The predicted octanol–water partition coefficient (Wildman–Crippen LogP) is 7.94. The second-order valence-electron chi connectivity index (χ2n) is 8.40. The maximum Gasteiger partial charge on any atom is 0.168 e. The molecule has 0 saturated carbocycles. The molecule has 0 N–H and O–H groups in total. The largest absolute Gasteiger partial charge is 0.275 e. The van der Waals surface area contributed by atoms with Gasteiger partial charge in [-0.15, -0.1) is 10.2 Å². The van der Waals surface area contributed by atoms with Gasteiger partial charge in [0.05, 0.1) is 0 Å². The van der Waals surface area contributed by atoms with Crippen molar-refractivity contribution in [1.29, 1.82) is 0 Å². The highest BCUT2D eigenvalue weighted by atomic mass is 15.3. The van der Waals surface area contributed by atoms with Crippen molar-refractivity contribution in [3.8, 4) is 50.7 Å². The van der Waals surface area contributed by atoms with Crippen LogP contribution in [0.3, 0.4) is 0 Å². The van der Waals surface area contributed by atoms with E-state index >= 15 is 0 Å². The zero-order valence-corrected chi connectivity index (χ0v) is 19.1. The Morgan fingerprint density at radius 2 is 0.629 bits per heavy atom. The Kier molecular flexibility index (Phi) is 5.50. The number of hydrogen-bond acceptors (Lipinski definition) is 2. The zero-order valence-electron chi connectivity index (χ0n) is 19.1. The van der Waals surface area contributed by atoms with Crippen LogP contribution in [0.1, 0.15) is 0 Å². The molecule has 5 aromatic carbocycles. The van der Waals surface area contributed by atoms with Crippen LogP contribution in [0.5, 0.6) is 0 Å². The summed E-state index contributed by atoms with van der Waals surface area (Å²) in [5.74, 6) is 1.64. The van der Waals surface area contributed by atoms with Crippen LogP contribution in [0.2, 0.25) is 0 Å². The highest BCUT2D eigenvalue weighted by Gasteiger charge is 2.17. The molecule has 3 heteroatoms. The van der Waals surface area contributed by atoms with Crippen LogP contribution in [0.4, 0.5) is 0 Å². The first kappa shape index (κ1) is 20.8. The topological polar surface area (TPSA) is 30.7 Å². The minimum absolute atomic E-state index is 0.816. The summed E-state index contributed by atoms with van der Waals surface area (Å²) in [6.45, 7) is 0. The second-order valence-corrected chi connectivity index (χ2v) is 8.40. The van der Waals surface area contributed by atoms with Crippen LogP contribution in [-0.2, 0) is 0 Å². The molecule has 0 saturated heterocycles. The van der Waals surface area contributed by atoms with E-state index < -0.39 is 0 Å². The van der Waals surface area contributed by atoms with Crippen LogP contribution in [0.25, 0.3) is 50.7 Å². The molecule has 6 aromatic rings. The van der Waals surface area contributed by atoms with Gasteiger partial charge in [0.25, 0.3) is 0 Å². The highest BCUT2D eigenvalue weighted by molar-refractivity contribution is 5.72. The molecule has 3 nitrogen and oxygen atoms in total. The fourth-order valence-electron chi connectivity index (χ4n) is 4.37. The molecule has 0 amide bonds. The number of nitrogens with zero attached hydrogens (tertiary/aromatic N) is 3. The standard InChI is InChI=1S/C32H23N3/c1-4-10-24(11-5-1)26-16-18-29(19-17-26)32-34-33-31(28-14-8-3-9-15-28)35(32)30-22-20-27(21-23-30)25-12-6-2-7-13-25/h1-23H. The Balaban J connectivity index is 1.45. The number of aromatic nitrogens is 3. The van der Waals surface area contributed by atoms with E-state index in [1.54, 1.807) is 0 Å². The highest BCUT2D eigenvalue weighted by Crippen LogP contribution is 2.31. The first-order chi connectivity index (χ1) is 17.4. The SMILES string of the molecule is c1ccc(-c2ccc(-c3nnc(-c4ccccc4)n3-c3ccc(-c4ccccc4)cc3)cc2)cc1. The first-order valence-electron chi connectivity index (χ1n) is 11.7. The molecule has 0 aliphatic heterocycles. The van der Waals surface area contributed by atoms with Crippen LogP contribution in [-0.4, -0.2) is 14.8 Å². The van der Waals surface area contributed by atoms with Crippen LogP contribution in [0.15, 0.2) is 140 Å². The molecule has 0 unspecified atom stereocenters. The van der Waals surface area contributed by atoms with E-state index in [1.165, 1.54) is 22.3 Å². The summed E-state index contributed by atoms with van der Waals surface area (Å²) in [6, 6.07) is 48.2. The Morgan fingerprint density at radius 1 is 0.314 bits per heavy atom. The average Bonchev–Trinajstić information content (AvgIpc) is 3.40. The summed E-state index contributed by atoms with van der Waals surface area (Å²) in [4.78, 5) is 0. The van der Waals surface area contributed by atoms with E-state index in [0.717, 1.165) is 28.5 Å². The van der Waals surface area contributed by atoms with Gasteiger partial charge in [0.1, 0.15) is 0 Å². The lowest BCUT2D eigenvalue weighted by Crippen LogP contribution is -2.00. The molecular weight excluding hydrogens is 426 g/mol. The molecule has 0 radical (unpaired) electrons. The van der Waals surface area contributed by atoms with Crippen molar-refractivity contribution in [1.82, 2.24) is 14.8 Å². The third-order valence-electron chi connectivity index (χ3n) is 6.18. The summed E-state index contributed by atoms with van der Waals surface area (Å²) >= 11 is 0. The maximum absolute atomic E-state index is 4.64. The number of hydrogen-bond donors (Lipinski definition) is 0. The molecule has 1 heterocycles. The summed E-state index contributed by atoms with van der Waals surface area (Å²) in [7, 11) is 0. The van der Waals surface area contributed by atoms with Crippen molar-refractivity contribution >= 4 is 0 Å². The Bertz CT molecular complexity index is 1540. The molecule has 0 spiro atoms. The molecule has 0 aliphatic carbocycles. The first-order valence-corrected chi connectivity index (χ1v) is 11.7. The monoisotopic (exact) mass is 449 g/mol. The van der Waals surface area contributed by atoms with E-state index in [9.17, 15) is 0 Å². The van der Waals surface area contributed by atoms with Gasteiger partial charge in [-0.2, -0.15) is 0 Å². The van der Waals surface area contributed by atoms with Gasteiger partial charge < -0.3 is 0 Å². The summed E-state index contributed by atoms with van der Waals surface area (Å²) in [5.41, 5.74) is 7.82. The summed E-state index contributed by atoms with van der Waals surface area (Å²) < 4.78 is 2.14. The molecule has 6 rings (SSSR count). The third-order valence-corrected chi connectivity index (χ3v) is 6.18. The molecule has 1 aromatic heterocycles. The van der Waals surface area contributed by atoms with Crippen molar-refractivity contribution in [3.05, 3.63) is 140 Å².